The van der Waals surface area contributed by atoms with Gasteiger partial charge in [0.1, 0.15) is 5.76 Å². The van der Waals surface area contributed by atoms with E-state index in [0.717, 1.165) is 18.4 Å². The number of carbonyl (C=O) groups is 1. The molecule has 1 saturated carbocycles. The Balaban J connectivity index is 2.04. The second kappa shape index (κ2) is 5.81. The number of hydrogen-bond donors (Lipinski definition) is 3. The molecule has 0 unspecified atom stereocenters. The third-order valence-electron chi connectivity index (χ3n) is 4.07. The van der Waals surface area contributed by atoms with Crippen LogP contribution in [0.5, 0.6) is 0 Å². The van der Waals surface area contributed by atoms with Gasteiger partial charge in [-0.05, 0) is 56.2 Å². The molecule has 1 aromatic rings. The molecule has 1 aromatic heterocycles. The van der Waals surface area contributed by atoms with E-state index >= 15 is 0 Å². The number of amides is 1. The van der Waals surface area contributed by atoms with Crippen molar-refractivity contribution in [2.75, 3.05) is 6.61 Å². The molecule has 1 aliphatic carbocycles. The minimum absolute atomic E-state index is 0.184. The topological polar surface area (TPSA) is 96.7 Å². The van der Waals surface area contributed by atoms with Gasteiger partial charge in [0.25, 0.3) is 0 Å². The Morgan fingerprint density at radius 2 is 2.20 bits per heavy atom. The largest absolute Gasteiger partial charge is 0.465 e. The molecule has 110 valence electrons. The van der Waals surface area contributed by atoms with Gasteiger partial charge in [0.2, 0.25) is 5.91 Å². The predicted molar refractivity (Wildman–Crippen MR) is 74.8 cm³/mol. The van der Waals surface area contributed by atoms with E-state index in [1.54, 1.807) is 19.3 Å². The number of rotatable bonds is 4. The summed E-state index contributed by atoms with van der Waals surface area (Å²) in [5, 5.41) is 19.1. The lowest BCUT2D eigenvalue weighted by molar-refractivity contribution is -0.114. The van der Waals surface area contributed by atoms with E-state index < -0.39 is 11.5 Å². The molecule has 1 heterocycles. The lowest BCUT2D eigenvalue weighted by Gasteiger charge is -2.34. The molecule has 0 atom stereocenters. The quantitative estimate of drug-likeness (QED) is 0.728. The van der Waals surface area contributed by atoms with Crippen molar-refractivity contribution in [1.29, 1.82) is 0 Å². The second-order valence-electron chi connectivity index (χ2n) is 5.63. The maximum atomic E-state index is 11.0. The molecule has 5 nitrogen and oxygen atoms in total. The zero-order valence-corrected chi connectivity index (χ0v) is 11.6. The first-order chi connectivity index (χ1) is 9.43. The standard InChI is InChI=1S/C15H21NO4/c1-10(14(16)18)6-13-7-12(8-20-13)11-2-4-15(19,9-17)5-3-11/h6-8,11,17,19H,2-5,9H2,1H3,(H2,16,18)/b10-6+. The van der Waals surface area contributed by atoms with Gasteiger partial charge in [-0.3, -0.25) is 4.79 Å². The number of hydrogen-bond acceptors (Lipinski definition) is 4. The normalized spacial score (nSPS) is 27.6. The molecule has 20 heavy (non-hydrogen) atoms. The van der Waals surface area contributed by atoms with E-state index in [-0.39, 0.29) is 6.61 Å². The van der Waals surface area contributed by atoms with Crippen LogP contribution in [0.3, 0.4) is 0 Å². The van der Waals surface area contributed by atoms with E-state index in [1.807, 2.05) is 6.07 Å². The van der Waals surface area contributed by atoms with E-state index in [9.17, 15) is 9.90 Å². The van der Waals surface area contributed by atoms with Gasteiger partial charge >= 0.3 is 0 Å². The van der Waals surface area contributed by atoms with Crippen LogP contribution in [-0.2, 0) is 4.79 Å². The summed E-state index contributed by atoms with van der Waals surface area (Å²) in [6, 6.07) is 1.90. The van der Waals surface area contributed by atoms with Crippen molar-refractivity contribution >= 4 is 12.0 Å². The zero-order chi connectivity index (χ0) is 14.8. The van der Waals surface area contributed by atoms with Crippen molar-refractivity contribution in [2.45, 2.75) is 44.1 Å². The van der Waals surface area contributed by atoms with Crippen LogP contribution in [0.2, 0.25) is 0 Å². The summed E-state index contributed by atoms with van der Waals surface area (Å²) in [6.07, 6.45) is 6.12. The third-order valence-corrected chi connectivity index (χ3v) is 4.07. The monoisotopic (exact) mass is 279 g/mol. The summed E-state index contributed by atoms with van der Waals surface area (Å²) >= 11 is 0. The zero-order valence-electron chi connectivity index (χ0n) is 11.6. The lowest BCUT2D eigenvalue weighted by atomic mass is 9.77. The van der Waals surface area contributed by atoms with E-state index in [1.165, 1.54) is 0 Å². The van der Waals surface area contributed by atoms with E-state index in [0.29, 0.717) is 30.1 Å². The van der Waals surface area contributed by atoms with Gasteiger partial charge in [0.05, 0.1) is 18.5 Å². The fourth-order valence-corrected chi connectivity index (χ4v) is 2.59. The van der Waals surface area contributed by atoms with Gasteiger partial charge in [-0.1, -0.05) is 0 Å². The number of furan rings is 1. The van der Waals surface area contributed by atoms with Crippen LogP contribution in [0.4, 0.5) is 0 Å². The molecule has 0 aromatic carbocycles. The Morgan fingerprint density at radius 1 is 1.55 bits per heavy atom. The average molecular weight is 279 g/mol. The number of aliphatic hydroxyl groups excluding tert-OH is 1. The molecule has 2 rings (SSSR count). The number of aliphatic hydroxyl groups is 2. The molecule has 5 heteroatoms. The van der Waals surface area contributed by atoms with Gasteiger partial charge in [-0.15, -0.1) is 0 Å². The third kappa shape index (κ3) is 3.29. The number of primary amides is 1. The summed E-state index contributed by atoms with van der Waals surface area (Å²) in [7, 11) is 0. The molecule has 0 aliphatic heterocycles. The van der Waals surface area contributed by atoms with Gasteiger partial charge in [-0.25, -0.2) is 0 Å². The van der Waals surface area contributed by atoms with Crippen LogP contribution in [0, 0.1) is 0 Å². The SMILES string of the molecule is C/C(=C\c1cc(C2CCC(O)(CO)CC2)co1)C(N)=O. The lowest BCUT2D eigenvalue weighted by Crippen LogP contribution is -2.37. The van der Waals surface area contributed by atoms with Crippen molar-refractivity contribution in [3.05, 3.63) is 29.2 Å². The fourth-order valence-electron chi connectivity index (χ4n) is 2.59. The van der Waals surface area contributed by atoms with Crippen LogP contribution in [0.15, 0.2) is 22.3 Å². The molecule has 1 fully saturated rings. The first-order valence-corrected chi connectivity index (χ1v) is 6.83. The van der Waals surface area contributed by atoms with Gasteiger partial charge in [-0.2, -0.15) is 0 Å². The van der Waals surface area contributed by atoms with E-state index in [2.05, 4.69) is 0 Å². The highest BCUT2D eigenvalue weighted by molar-refractivity contribution is 5.95. The van der Waals surface area contributed by atoms with Gasteiger partial charge < -0.3 is 20.4 Å². The molecular weight excluding hydrogens is 258 g/mol. The summed E-state index contributed by atoms with van der Waals surface area (Å²) in [4.78, 5) is 11.0. The Hall–Kier alpha value is -1.59. The molecule has 1 amide bonds. The average Bonchev–Trinajstić information content (AvgIpc) is 2.88. The Bertz CT molecular complexity index is 510. The molecule has 0 radical (unpaired) electrons. The molecule has 1 aliphatic rings. The van der Waals surface area contributed by atoms with Crippen molar-refractivity contribution < 1.29 is 19.4 Å². The van der Waals surface area contributed by atoms with Gasteiger partial charge in [0.15, 0.2) is 0 Å². The smallest absolute Gasteiger partial charge is 0.244 e. The maximum absolute atomic E-state index is 11.0. The molecule has 0 spiro atoms. The summed E-state index contributed by atoms with van der Waals surface area (Å²) < 4.78 is 5.42. The predicted octanol–water partition coefficient (Wildman–Crippen LogP) is 1.55. The molecule has 0 bridgehead atoms. The Labute approximate surface area is 118 Å². The van der Waals surface area contributed by atoms with Crippen molar-refractivity contribution in [2.24, 2.45) is 5.73 Å². The highest BCUT2D eigenvalue weighted by Crippen LogP contribution is 2.38. The maximum Gasteiger partial charge on any atom is 0.244 e. The second-order valence-corrected chi connectivity index (χ2v) is 5.63. The van der Waals surface area contributed by atoms with Crippen molar-refractivity contribution in [3.8, 4) is 0 Å². The summed E-state index contributed by atoms with van der Waals surface area (Å²) in [6.45, 7) is 1.46. The van der Waals surface area contributed by atoms with Crippen molar-refractivity contribution in [3.63, 3.8) is 0 Å². The minimum Gasteiger partial charge on any atom is -0.465 e. The highest BCUT2D eigenvalue weighted by Gasteiger charge is 2.33. The number of nitrogens with two attached hydrogens (primary N) is 1. The van der Waals surface area contributed by atoms with E-state index in [4.69, 9.17) is 15.3 Å². The van der Waals surface area contributed by atoms with Crippen molar-refractivity contribution in [1.82, 2.24) is 0 Å². The van der Waals surface area contributed by atoms with Gasteiger partial charge in [0, 0.05) is 5.57 Å². The highest BCUT2D eigenvalue weighted by atomic mass is 16.3. The summed E-state index contributed by atoms with van der Waals surface area (Å²) in [5.41, 5.74) is 5.76. The van der Waals surface area contributed by atoms with Crippen LogP contribution in [0.25, 0.3) is 6.08 Å². The molecule has 0 saturated heterocycles. The van der Waals surface area contributed by atoms with Crippen LogP contribution >= 0.6 is 0 Å². The van der Waals surface area contributed by atoms with Crippen LogP contribution < -0.4 is 5.73 Å². The molecule has 4 N–H and O–H groups in total. The minimum atomic E-state index is -0.925. The van der Waals surface area contributed by atoms with Crippen LogP contribution in [-0.4, -0.2) is 28.3 Å². The first kappa shape index (κ1) is 14.8. The Kier molecular flexibility index (Phi) is 4.30. The fraction of sp³-hybridized carbons (Fsp3) is 0.533. The summed E-state index contributed by atoms with van der Waals surface area (Å²) in [5.74, 6) is 0.467. The molecular formula is C15H21NO4. The number of carbonyl (C=O) groups excluding carboxylic acids is 1. The Morgan fingerprint density at radius 3 is 2.75 bits per heavy atom. The first-order valence-electron chi connectivity index (χ1n) is 6.83. The van der Waals surface area contributed by atoms with Crippen LogP contribution in [0.1, 0.15) is 49.8 Å².